The van der Waals surface area contributed by atoms with Gasteiger partial charge >= 0.3 is 11.9 Å². The highest BCUT2D eigenvalue weighted by molar-refractivity contribution is 5.86. The van der Waals surface area contributed by atoms with Crippen molar-refractivity contribution in [2.75, 3.05) is 13.7 Å². The SMILES string of the molecule is COC(=O)C1=C[C@H](N)[C@@H](N)[C@H]([C@H](OC(C)=O)[C@H](O)CO)O1. The average molecular weight is 304 g/mol. The number of esters is 2. The van der Waals surface area contributed by atoms with Gasteiger partial charge in [0.2, 0.25) is 5.76 Å². The minimum Gasteiger partial charge on any atom is -0.478 e. The molecule has 1 rings (SSSR count). The Morgan fingerprint density at radius 2 is 2.10 bits per heavy atom. The zero-order valence-corrected chi connectivity index (χ0v) is 11.8. The molecule has 1 aliphatic heterocycles. The van der Waals surface area contributed by atoms with Crippen molar-refractivity contribution >= 4 is 11.9 Å². The summed E-state index contributed by atoms with van der Waals surface area (Å²) in [6.07, 6.45) is -2.54. The molecule has 0 fully saturated rings. The van der Waals surface area contributed by atoms with E-state index in [1.165, 1.54) is 6.08 Å². The fourth-order valence-electron chi connectivity index (χ4n) is 1.93. The normalized spacial score (nSPS) is 27.9. The Morgan fingerprint density at radius 1 is 1.48 bits per heavy atom. The maximum atomic E-state index is 11.5. The molecule has 0 aromatic rings. The monoisotopic (exact) mass is 304 g/mol. The van der Waals surface area contributed by atoms with Crippen LogP contribution < -0.4 is 11.5 Å². The predicted octanol–water partition coefficient (Wildman–Crippen LogP) is -2.62. The molecular formula is C12H20N2O7. The Labute approximate surface area is 121 Å². The summed E-state index contributed by atoms with van der Waals surface area (Å²) in [5.74, 6) is -1.67. The smallest absolute Gasteiger partial charge is 0.373 e. The van der Waals surface area contributed by atoms with Gasteiger partial charge < -0.3 is 35.9 Å². The van der Waals surface area contributed by atoms with Gasteiger partial charge in [-0.1, -0.05) is 0 Å². The molecule has 120 valence electrons. The Balaban J connectivity index is 3.03. The number of rotatable bonds is 5. The highest BCUT2D eigenvalue weighted by atomic mass is 16.6. The molecule has 0 spiro atoms. The zero-order valence-electron chi connectivity index (χ0n) is 11.8. The van der Waals surface area contributed by atoms with Crippen molar-refractivity contribution < 1.29 is 34.0 Å². The van der Waals surface area contributed by atoms with Crippen LogP contribution in [0.1, 0.15) is 6.92 Å². The maximum absolute atomic E-state index is 11.5. The molecule has 0 aliphatic carbocycles. The van der Waals surface area contributed by atoms with Gasteiger partial charge in [0.15, 0.2) is 12.2 Å². The van der Waals surface area contributed by atoms with Crippen molar-refractivity contribution in [1.29, 1.82) is 0 Å². The first kappa shape index (κ1) is 17.4. The second-order valence-corrected chi connectivity index (χ2v) is 4.58. The van der Waals surface area contributed by atoms with Gasteiger partial charge in [-0.2, -0.15) is 0 Å². The van der Waals surface area contributed by atoms with E-state index in [0.717, 1.165) is 14.0 Å². The molecule has 5 atom stereocenters. The number of hydrogen-bond donors (Lipinski definition) is 4. The summed E-state index contributed by atoms with van der Waals surface area (Å²) in [6.45, 7) is 0.444. The van der Waals surface area contributed by atoms with Crippen LogP contribution in [-0.4, -0.2) is 66.3 Å². The van der Waals surface area contributed by atoms with Gasteiger partial charge in [0.25, 0.3) is 0 Å². The second-order valence-electron chi connectivity index (χ2n) is 4.58. The number of aliphatic hydroxyl groups excluding tert-OH is 2. The van der Waals surface area contributed by atoms with E-state index in [-0.39, 0.29) is 5.76 Å². The fraction of sp³-hybridized carbons (Fsp3) is 0.667. The van der Waals surface area contributed by atoms with E-state index in [1.807, 2.05) is 0 Å². The molecule has 9 nitrogen and oxygen atoms in total. The first-order valence-corrected chi connectivity index (χ1v) is 6.25. The summed E-state index contributed by atoms with van der Waals surface area (Å²) in [6, 6.07) is -1.63. The van der Waals surface area contributed by atoms with Crippen molar-refractivity contribution in [3.05, 3.63) is 11.8 Å². The number of ether oxygens (including phenoxy) is 3. The van der Waals surface area contributed by atoms with E-state index in [2.05, 4.69) is 4.74 Å². The summed E-state index contributed by atoms with van der Waals surface area (Å²) in [4.78, 5) is 22.6. The molecule has 0 aromatic heterocycles. The van der Waals surface area contributed by atoms with Crippen molar-refractivity contribution in [2.45, 2.75) is 37.3 Å². The molecule has 1 aliphatic rings. The number of hydrogen-bond acceptors (Lipinski definition) is 9. The summed E-state index contributed by atoms with van der Waals surface area (Å²) in [7, 11) is 1.16. The topological polar surface area (TPSA) is 154 Å². The number of methoxy groups -OCH3 is 1. The number of carbonyl (C=O) groups excluding carboxylic acids is 2. The van der Waals surface area contributed by atoms with Crippen LogP contribution in [0.25, 0.3) is 0 Å². The number of nitrogens with two attached hydrogens (primary N) is 2. The third-order valence-electron chi connectivity index (χ3n) is 3.01. The van der Waals surface area contributed by atoms with Gasteiger partial charge in [0.05, 0.1) is 19.8 Å². The fourth-order valence-corrected chi connectivity index (χ4v) is 1.93. The molecule has 0 bridgehead atoms. The van der Waals surface area contributed by atoms with Crippen molar-refractivity contribution in [1.82, 2.24) is 0 Å². The molecule has 0 unspecified atom stereocenters. The van der Waals surface area contributed by atoms with Gasteiger partial charge in [-0.15, -0.1) is 0 Å². The lowest BCUT2D eigenvalue weighted by Crippen LogP contribution is -2.60. The highest BCUT2D eigenvalue weighted by Crippen LogP contribution is 2.23. The predicted molar refractivity (Wildman–Crippen MR) is 69.6 cm³/mol. The molecule has 0 saturated carbocycles. The summed E-state index contributed by atoms with van der Waals surface area (Å²) >= 11 is 0. The molecule has 1 heterocycles. The lowest BCUT2D eigenvalue weighted by molar-refractivity contribution is -0.171. The molecule has 0 radical (unpaired) electrons. The number of aliphatic hydroxyl groups is 2. The van der Waals surface area contributed by atoms with E-state index in [4.69, 9.17) is 26.0 Å². The summed E-state index contributed by atoms with van der Waals surface area (Å²) < 4.78 is 14.8. The van der Waals surface area contributed by atoms with E-state index >= 15 is 0 Å². The quantitative estimate of drug-likeness (QED) is 0.399. The van der Waals surface area contributed by atoms with Crippen LogP contribution in [0.2, 0.25) is 0 Å². The standard InChI is InChI=1S/C12H20N2O7/c1-5(16)20-10(7(17)4-15)11-9(14)6(13)3-8(21-11)12(18)19-2/h3,6-7,9-11,15,17H,4,13-14H2,1-2H3/t6-,7+,9+,10+,11+/m0/s1. The van der Waals surface area contributed by atoms with Crippen LogP contribution in [0.4, 0.5) is 0 Å². The van der Waals surface area contributed by atoms with Gasteiger partial charge in [-0.05, 0) is 6.08 Å². The molecule has 6 N–H and O–H groups in total. The van der Waals surface area contributed by atoms with Gasteiger partial charge in [0.1, 0.15) is 6.10 Å². The van der Waals surface area contributed by atoms with Crippen molar-refractivity contribution in [2.24, 2.45) is 11.5 Å². The third-order valence-corrected chi connectivity index (χ3v) is 3.01. The minimum atomic E-state index is -1.44. The summed E-state index contributed by atoms with van der Waals surface area (Å²) in [5.41, 5.74) is 11.7. The highest BCUT2D eigenvalue weighted by Gasteiger charge is 2.42. The van der Waals surface area contributed by atoms with Gasteiger partial charge in [-0.25, -0.2) is 4.79 Å². The Bertz CT molecular complexity index is 426. The van der Waals surface area contributed by atoms with E-state index in [1.54, 1.807) is 0 Å². The lowest BCUT2D eigenvalue weighted by Gasteiger charge is -2.38. The summed E-state index contributed by atoms with van der Waals surface area (Å²) in [5, 5.41) is 18.8. The van der Waals surface area contributed by atoms with E-state index in [9.17, 15) is 14.7 Å². The van der Waals surface area contributed by atoms with Crippen LogP contribution in [0.15, 0.2) is 11.8 Å². The van der Waals surface area contributed by atoms with Crippen LogP contribution in [0, 0.1) is 0 Å². The van der Waals surface area contributed by atoms with Gasteiger partial charge in [0, 0.05) is 13.0 Å². The molecular weight excluding hydrogens is 284 g/mol. The number of carbonyl (C=O) groups is 2. The van der Waals surface area contributed by atoms with Gasteiger partial charge in [-0.3, -0.25) is 4.79 Å². The minimum absolute atomic E-state index is 0.195. The Morgan fingerprint density at radius 3 is 2.57 bits per heavy atom. The first-order valence-electron chi connectivity index (χ1n) is 6.25. The third kappa shape index (κ3) is 4.14. The van der Waals surface area contributed by atoms with E-state index in [0.29, 0.717) is 0 Å². The molecule has 21 heavy (non-hydrogen) atoms. The van der Waals surface area contributed by atoms with Crippen LogP contribution in [-0.2, 0) is 23.8 Å². The van der Waals surface area contributed by atoms with Crippen molar-refractivity contribution in [3.63, 3.8) is 0 Å². The molecule has 0 aromatic carbocycles. The van der Waals surface area contributed by atoms with Crippen LogP contribution >= 0.6 is 0 Å². The average Bonchev–Trinajstić information content (AvgIpc) is 2.45. The van der Waals surface area contributed by atoms with E-state index < -0.39 is 48.9 Å². The van der Waals surface area contributed by atoms with Crippen LogP contribution in [0.3, 0.4) is 0 Å². The largest absolute Gasteiger partial charge is 0.478 e. The zero-order chi connectivity index (χ0) is 16.2. The van der Waals surface area contributed by atoms with Crippen LogP contribution in [0.5, 0.6) is 0 Å². The first-order chi connectivity index (χ1) is 9.81. The molecule has 9 heteroatoms. The second kappa shape index (κ2) is 7.36. The van der Waals surface area contributed by atoms with Crippen molar-refractivity contribution in [3.8, 4) is 0 Å². The lowest BCUT2D eigenvalue weighted by atomic mass is 9.93. The molecule has 0 saturated heterocycles. The Hall–Kier alpha value is -1.68. The maximum Gasteiger partial charge on any atom is 0.373 e. The Kier molecular flexibility index (Phi) is 6.09. The molecule has 0 amide bonds.